The highest BCUT2D eigenvalue weighted by molar-refractivity contribution is 5.65. The summed E-state index contributed by atoms with van der Waals surface area (Å²) in [5.41, 5.74) is 1.82. The Kier molecular flexibility index (Phi) is 4.79. The van der Waals surface area contributed by atoms with Crippen LogP contribution in [-0.2, 0) is 19.0 Å². The van der Waals surface area contributed by atoms with Gasteiger partial charge < -0.3 is 4.90 Å². The zero-order valence-electron chi connectivity index (χ0n) is 16.8. The van der Waals surface area contributed by atoms with E-state index in [1.807, 2.05) is 4.90 Å². The zero-order chi connectivity index (χ0) is 21.6. The lowest BCUT2D eigenvalue weighted by Crippen LogP contribution is -2.28. The molecule has 5 rings (SSSR count). The summed E-state index contributed by atoms with van der Waals surface area (Å²) < 4.78 is 42.7. The van der Waals surface area contributed by atoms with E-state index in [-0.39, 0.29) is 5.69 Å². The summed E-state index contributed by atoms with van der Waals surface area (Å²) in [6, 6.07) is 7.54. The molecule has 0 unspecified atom stereocenters. The summed E-state index contributed by atoms with van der Waals surface area (Å²) in [4.78, 5) is 19.3. The Bertz CT molecular complexity index is 1180. The topological polar surface area (TPSA) is 51.0 Å². The minimum Gasteiger partial charge on any atom is -0.371 e. The number of benzene rings is 1. The van der Waals surface area contributed by atoms with E-state index < -0.39 is 17.3 Å². The van der Waals surface area contributed by atoms with Crippen LogP contribution in [0.5, 0.6) is 0 Å². The largest absolute Gasteiger partial charge is 0.418 e. The molecule has 0 spiro atoms. The van der Waals surface area contributed by atoms with Gasteiger partial charge in [0, 0.05) is 42.3 Å². The molecular formula is C23H21F3N4O. The molecule has 2 aromatic heterocycles. The van der Waals surface area contributed by atoms with Gasteiger partial charge in [0.2, 0.25) is 0 Å². The van der Waals surface area contributed by atoms with Gasteiger partial charge >= 0.3 is 6.18 Å². The first-order valence-electron chi connectivity index (χ1n) is 10.5. The van der Waals surface area contributed by atoms with E-state index >= 15 is 0 Å². The summed E-state index contributed by atoms with van der Waals surface area (Å²) in [5, 5.41) is 4.48. The third-order valence-electron chi connectivity index (χ3n) is 6.09. The van der Waals surface area contributed by atoms with Crippen molar-refractivity contribution in [2.24, 2.45) is 0 Å². The third-order valence-corrected chi connectivity index (χ3v) is 6.09. The number of anilines is 1. The summed E-state index contributed by atoms with van der Waals surface area (Å²) in [6.45, 7) is 1.58. The van der Waals surface area contributed by atoms with E-state index in [1.165, 1.54) is 12.1 Å². The lowest BCUT2D eigenvalue weighted by atomic mass is 10.0. The highest BCUT2D eigenvalue weighted by atomic mass is 19.4. The first-order valence-corrected chi connectivity index (χ1v) is 10.5. The van der Waals surface area contributed by atoms with Gasteiger partial charge in [0.05, 0.1) is 16.9 Å². The van der Waals surface area contributed by atoms with Gasteiger partial charge in [0.25, 0.3) is 5.56 Å². The average molecular weight is 426 g/mol. The summed E-state index contributed by atoms with van der Waals surface area (Å²) in [5.74, 6) is 0. The Morgan fingerprint density at radius 1 is 0.903 bits per heavy atom. The van der Waals surface area contributed by atoms with Crippen LogP contribution in [0.25, 0.3) is 16.9 Å². The molecule has 1 aromatic carbocycles. The molecule has 160 valence electrons. The molecule has 31 heavy (non-hydrogen) atoms. The normalized spacial score (nSPS) is 16.0. The molecule has 0 amide bonds. The van der Waals surface area contributed by atoms with E-state index in [4.69, 9.17) is 0 Å². The molecule has 0 N–H and O–H groups in total. The van der Waals surface area contributed by atoms with Gasteiger partial charge in [-0.2, -0.15) is 23.0 Å². The van der Waals surface area contributed by atoms with Crippen LogP contribution in [0.15, 0.2) is 47.5 Å². The zero-order valence-corrected chi connectivity index (χ0v) is 16.8. The second-order valence-corrected chi connectivity index (χ2v) is 8.01. The number of pyridine rings is 1. The lowest BCUT2D eigenvalue weighted by molar-refractivity contribution is -0.137. The maximum atomic E-state index is 13.9. The lowest BCUT2D eigenvalue weighted by Gasteiger charge is -2.22. The van der Waals surface area contributed by atoms with E-state index in [0.717, 1.165) is 54.2 Å². The van der Waals surface area contributed by atoms with E-state index in [1.54, 1.807) is 24.5 Å². The van der Waals surface area contributed by atoms with Gasteiger partial charge in [-0.25, -0.2) is 0 Å². The van der Waals surface area contributed by atoms with Crippen molar-refractivity contribution in [1.29, 1.82) is 0 Å². The molecule has 0 atom stereocenters. The summed E-state index contributed by atoms with van der Waals surface area (Å²) >= 11 is 0. The Labute approximate surface area is 177 Å². The number of halogens is 3. The van der Waals surface area contributed by atoms with Crippen molar-refractivity contribution >= 4 is 5.69 Å². The molecule has 0 bridgehead atoms. The highest BCUT2D eigenvalue weighted by Crippen LogP contribution is 2.37. The maximum absolute atomic E-state index is 13.9. The molecule has 1 saturated heterocycles. The molecular weight excluding hydrogens is 405 g/mol. The third kappa shape index (κ3) is 3.49. The number of nitrogens with zero attached hydrogens (tertiary/aromatic N) is 4. The second kappa shape index (κ2) is 7.51. The molecule has 0 saturated carbocycles. The smallest absolute Gasteiger partial charge is 0.371 e. The minimum absolute atomic E-state index is 0.216. The van der Waals surface area contributed by atoms with Crippen molar-refractivity contribution in [2.45, 2.75) is 38.3 Å². The van der Waals surface area contributed by atoms with E-state index in [9.17, 15) is 18.0 Å². The molecule has 1 aliphatic heterocycles. The van der Waals surface area contributed by atoms with Crippen molar-refractivity contribution in [1.82, 2.24) is 14.8 Å². The molecule has 1 aliphatic carbocycles. The van der Waals surface area contributed by atoms with Gasteiger partial charge in [0.1, 0.15) is 0 Å². The summed E-state index contributed by atoms with van der Waals surface area (Å²) in [7, 11) is 0. The molecule has 0 radical (unpaired) electrons. The predicted octanol–water partition coefficient (Wildman–Crippen LogP) is 4.40. The SMILES string of the molecule is O=c1c2c(c(-c3ccncc3)nn1-c1cc(N3CCCC3)ccc1C(F)(F)F)CCC2. The van der Waals surface area contributed by atoms with Gasteiger partial charge in [-0.1, -0.05) is 0 Å². The Morgan fingerprint density at radius 2 is 1.61 bits per heavy atom. The Morgan fingerprint density at radius 3 is 2.32 bits per heavy atom. The number of hydrogen-bond acceptors (Lipinski definition) is 4. The molecule has 2 aliphatic rings. The molecule has 1 fully saturated rings. The molecule has 8 heteroatoms. The Hall–Kier alpha value is -3.16. The van der Waals surface area contributed by atoms with Crippen LogP contribution >= 0.6 is 0 Å². The Balaban J connectivity index is 1.76. The van der Waals surface area contributed by atoms with Crippen molar-refractivity contribution in [3.05, 3.63) is 69.8 Å². The van der Waals surface area contributed by atoms with Crippen LogP contribution in [0, 0.1) is 0 Å². The van der Waals surface area contributed by atoms with Crippen LogP contribution in [0.1, 0.15) is 36.0 Å². The average Bonchev–Trinajstić information content (AvgIpc) is 3.46. The number of alkyl halides is 3. The number of fused-ring (bicyclic) bond motifs is 1. The maximum Gasteiger partial charge on any atom is 0.418 e. The van der Waals surface area contributed by atoms with Crippen molar-refractivity contribution in [3.63, 3.8) is 0 Å². The van der Waals surface area contributed by atoms with Crippen molar-refractivity contribution < 1.29 is 13.2 Å². The first-order chi connectivity index (χ1) is 14.9. The second-order valence-electron chi connectivity index (χ2n) is 8.01. The highest BCUT2D eigenvalue weighted by Gasteiger charge is 2.36. The monoisotopic (exact) mass is 426 g/mol. The molecule has 3 heterocycles. The van der Waals surface area contributed by atoms with Crippen molar-refractivity contribution in [2.75, 3.05) is 18.0 Å². The van der Waals surface area contributed by atoms with Gasteiger partial charge in [-0.15, -0.1) is 0 Å². The van der Waals surface area contributed by atoms with Gasteiger partial charge in [-0.3, -0.25) is 9.78 Å². The molecule has 5 nitrogen and oxygen atoms in total. The van der Waals surface area contributed by atoms with Crippen LogP contribution in [0.4, 0.5) is 18.9 Å². The van der Waals surface area contributed by atoms with Gasteiger partial charge in [-0.05, 0) is 68.0 Å². The minimum atomic E-state index is -4.60. The van der Waals surface area contributed by atoms with E-state index in [0.29, 0.717) is 29.8 Å². The molecule has 3 aromatic rings. The van der Waals surface area contributed by atoms with E-state index in [2.05, 4.69) is 10.1 Å². The van der Waals surface area contributed by atoms with Crippen LogP contribution in [-0.4, -0.2) is 27.9 Å². The quantitative estimate of drug-likeness (QED) is 0.623. The fraction of sp³-hybridized carbons (Fsp3) is 0.348. The van der Waals surface area contributed by atoms with Crippen molar-refractivity contribution in [3.8, 4) is 16.9 Å². The summed E-state index contributed by atoms with van der Waals surface area (Å²) in [6.07, 6.45) is 2.65. The number of hydrogen-bond donors (Lipinski definition) is 0. The van der Waals surface area contributed by atoms with Crippen LogP contribution in [0.2, 0.25) is 0 Å². The number of rotatable bonds is 3. The first kappa shape index (κ1) is 19.8. The fourth-order valence-electron chi connectivity index (χ4n) is 4.59. The predicted molar refractivity (Wildman–Crippen MR) is 112 cm³/mol. The fourth-order valence-corrected chi connectivity index (χ4v) is 4.59. The van der Waals surface area contributed by atoms with Crippen LogP contribution in [0.3, 0.4) is 0 Å². The van der Waals surface area contributed by atoms with Gasteiger partial charge in [0.15, 0.2) is 0 Å². The number of aromatic nitrogens is 3. The standard InChI is InChI=1S/C23H21F3N4O/c24-23(25,26)19-7-6-16(29-12-1-2-13-29)14-20(19)30-22(31)18-5-3-4-17(18)21(28-30)15-8-10-27-11-9-15/h6-11,14H,1-5,12-13H2. The van der Waals surface area contributed by atoms with Crippen LogP contribution < -0.4 is 10.5 Å².